The number of carbonyl (C=O) groups excluding carboxylic acids is 1. The molecule has 0 fully saturated rings. The first-order valence-corrected chi connectivity index (χ1v) is 14.2. The molecule has 0 amide bonds. The molecule has 0 unspecified atom stereocenters. The molecule has 10 heteroatoms. The summed E-state index contributed by atoms with van der Waals surface area (Å²) in [5.74, 6) is 0.527. The lowest BCUT2D eigenvalue weighted by molar-refractivity contribution is -0.136. The molecule has 1 aromatic heterocycles. The van der Waals surface area contributed by atoms with E-state index in [1.807, 2.05) is 60.7 Å². The van der Waals surface area contributed by atoms with Crippen molar-refractivity contribution >= 4 is 50.9 Å². The number of fused-ring (bicyclic) bond motifs is 1. The van der Waals surface area contributed by atoms with E-state index in [2.05, 4.69) is 20.9 Å². The Labute approximate surface area is 247 Å². The molecule has 40 heavy (non-hydrogen) atoms. The number of nitrogens with zero attached hydrogens (tertiary/aromatic N) is 2. The molecule has 0 radical (unpaired) electrons. The zero-order valence-corrected chi connectivity index (χ0v) is 25.0. The molecule has 1 atom stereocenters. The van der Waals surface area contributed by atoms with E-state index in [4.69, 9.17) is 25.8 Å². The number of thiazole rings is 1. The van der Waals surface area contributed by atoms with Gasteiger partial charge in [0, 0.05) is 5.02 Å². The van der Waals surface area contributed by atoms with Crippen LogP contribution in [0.15, 0.2) is 92.3 Å². The third-order valence-corrected chi connectivity index (χ3v) is 8.21. The van der Waals surface area contributed by atoms with Crippen molar-refractivity contribution < 1.29 is 19.0 Å². The summed E-state index contributed by atoms with van der Waals surface area (Å²) in [5.41, 5.74) is 3.06. The second kappa shape index (κ2) is 11.8. The van der Waals surface area contributed by atoms with Gasteiger partial charge in [0.25, 0.3) is 5.56 Å². The van der Waals surface area contributed by atoms with Gasteiger partial charge in [0.1, 0.15) is 6.61 Å². The van der Waals surface area contributed by atoms with Crippen LogP contribution < -0.4 is 24.4 Å². The minimum atomic E-state index is -0.656. The quantitative estimate of drug-likeness (QED) is 0.253. The molecular formula is C30H24BrClN2O5S. The molecule has 2 heterocycles. The summed E-state index contributed by atoms with van der Waals surface area (Å²) < 4.78 is 19.4. The van der Waals surface area contributed by atoms with E-state index in [1.54, 1.807) is 30.7 Å². The van der Waals surface area contributed by atoms with Crippen LogP contribution in [0.4, 0.5) is 0 Å². The van der Waals surface area contributed by atoms with Crippen molar-refractivity contribution in [3.8, 4) is 11.5 Å². The standard InChI is InChI=1S/C30H24BrClN2O5S/c1-17-25(29(36)38-3)26(20-7-5-4-6-8-20)34-28(35)24(40-30(34)33-17)15-19-13-22(31)27(23(14-19)37-2)39-16-18-9-11-21(32)12-10-18/h4-15,26H,16H2,1-3H3/b24-15-/t26-/m0/s1. The van der Waals surface area contributed by atoms with E-state index in [0.717, 1.165) is 16.7 Å². The second-order valence-electron chi connectivity index (χ2n) is 8.93. The molecule has 0 spiro atoms. The number of carbonyl (C=O) groups is 1. The maximum atomic E-state index is 13.8. The van der Waals surface area contributed by atoms with Gasteiger partial charge in [-0.1, -0.05) is 65.4 Å². The first kappa shape index (κ1) is 27.9. The summed E-state index contributed by atoms with van der Waals surface area (Å²) in [6, 6.07) is 19.8. The van der Waals surface area contributed by atoms with E-state index in [1.165, 1.54) is 18.4 Å². The van der Waals surface area contributed by atoms with Crippen LogP contribution in [0.2, 0.25) is 5.02 Å². The lowest BCUT2D eigenvalue weighted by atomic mass is 9.96. The molecule has 0 saturated heterocycles. The van der Waals surface area contributed by atoms with E-state index in [-0.39, 0.29) is 5.56 Å². The largest absolute Gasteiger partial charge is 0.493 e. The Hall–Kier alpha value is -3.66. The van der Waals surface area contributed by atoms with E-state index >= 15 is 0 Å². The maximum Gasteiger partial charge on any atom is 0.338 e. The van der Waals surface area contributed by atoms with Crippen LogP contribution in [0.3, 0.4) is 0 Å². The average Bonchev–Trinajstić information content (AvgIpc) is 3.26. The van der Waals surface area contributed by atoms with Crippen LogP contribution in [0, 0.1) is 0 Å². The number of allylic oxidation sites excluding steroid dienone is 1. The van der Waals surface area contributed by atoms with E-state index < -0.39 is 12.0 Å². The monoisotopic (exact) mass is 638 g/mol. The first-order valence-electron chi connectivity index (χ1n) is 12.2. The van der Waals surface area contributed by atoms with Gasteiger partial charge in [-0.05, 0) is 69.9 Å². The third-order valence-electron chi connectivity index (χ3n) is 6.39. The summed E-state index contributed by atoms with van der Waals surface area (Å²) in [5, 5.41) is 0.656. The summed E-state index contributed by atoms with van der Waals surface area (Å²) >= 11 is 10.8. The predicted octanol–water partition coefficient (Wildman–Crippen LogP) is 5.41. The predicted molar refractivity (Wildman–Crippen MR) is 159 cm³/mol. The average molecular weight is 640 g/mol. The fourth-order valence-electron chi connectivity index (χ4n) is 4.49. The molecular weight excluding hydrogens is 616 g/mol. The number of hydrogen-bond acceptors (Lipinski definition) is 7. The maximum absolute atomic E-state index is 13.8. The molecule has 3 aromatic carbocycles. The highest BCUT2D eigenvalue weighted by molar-refractivity contribution is 9.10. The van der Waals surface area contributed by atoms with Crippen molar-refractivity contribution in [1.29, 1.82) is 0 Å². The Balaban J connectivity index is 1.56. The van der Waals surface area contributed by atoms with Gasteiger partial charge in [-0.15, -0.1) is 0 Å². The SMILES string of the molecule is COC(=O)C1=C(C)N=c2s/c(=C\c3cc(Br)c(OCc4ccc(Cl)cc4)c(OC)c3)c(=O)n2[C@H]1c1ccccc1. The highest BCUT2D eigenvalue weighted by Crippen LogP contribution is 2.37. The topological polar surface area (TPSA) is 79.1 Å². The van der Waals surface area contributed by atoms with Gasteiger partial charge in [0.05, 0.1) is 40.5 Å². The van der Waals surface area contributed by atoms with Crippen LogP contribution in [0.5, 0.6) is 11.5 Å². The van der Waals surface area contributed by atoms with Crippen molar-refractivity contribution in [2.24, 2.45) is 4.99 Å². The van der Waals surface area contributed by atoms with Crippen LogP contribution in [0.25, 0.3) is 6.08 Å². The number of esters is 1. The minimum Gasteiger partial charge on any atom is -0.493 e. The van der Waals surface area contributed by atoms with Gasteiger partial charge < -0.3 is 14.2 Å². The number of rotatable bonds is 7. The first-order chi connectivity index (χ1) is 19.3. The van der Waals surface area contributed by atoms with Crippen LogP contribution >= 0.6 is 38.9 Å². The van der Waals surface area contributed by atoms with Crippen LogP contribution in [0.1, 0.15) is 29.7 Å². The summed E-state index contributed by atoms with van der Waals surface area (Å²) in [6.45, 7) is 2.08. The van der Waals surface area contributed by atoms with Crippen molar-refractivity contribution in [3.63, 3.8) is 0 Å². The van der Waals surface area contributed by atoms with Crippen molar-refractivity contribution in [2.75, 3.05) is 14.2 Å². The zero-order valence-electron chi connectivity index (χ0n) is 21.8. The molecule has 204 valence electrons. The zero-order chi connectivity index (χ0) is 28.4. The third kappa shape index (κ3) is 5.50. The normalized spacial score (nSPS) is 14.9. The molecule has 5 rings (SSSR count). The summed E-state index contributed by atoms with van der Waals surface area (Å²) in [7, 11) is 2.88. The molecule has 0 N–H and O–H groups in total. The van der Waals surface area contributed by atoms with Gasteiger partial charge in [0.2, 0.25) is 0 Å². The van der Waals surface area contributed by atoms with Gasteiger partial charge in [-0.25, -0.2) is 9.79 Å². The highest BCUT2D eigenvalue weighted by atomic mass is 79.9. The van der Waals surface area contributed by atoms with Gasteiger partial charge in [0.15, 0.2) is 16.3 Å². The Kier molecular flexibility index (Phi) is 8.25. The Morgan fingerprint density at radius 2 is 1.85 bits per heavy atom. The smallest absolute Gasteiger partial charge is 0.338 e. The summed E-state index contributed by atoms with van der Waals surface area (Å²) in [6.07, 6.45) is 1.78. The van der Waals surface area contributed by atoms with Gasteiger partial charge in [-0.3, -0.25) is 9.36 Å². The van der Waals surface area contributed by atoms with Gasteiger partial charge in [-0.2, -0.15) is 0 Å². The highest BCUT2D eigenvalue weighted by Gasteiger charge is 2.32. The molecule has 0 saturated carbocycles. The van der Waals surface area contributed by atoms with Crippen molar-refractivity contribution in [1.82, 2.24) is 4.57 Å². The van der Waals surface area contributed by atoms with Crippen molar-refractivity contribution in [3.05, 3.63) is 124 Å². The fraction of sp³-hybridized carbons (Fsp3) is 0.167. The lowest BCUT2D eigenvalue weighted by Crippen LogP contribution is -2.39. The number of aromatic nitrogens is 1. The van der Waals surface area contributed by atoms with E-state index in [0.29, 0.717) is 48.2 Å². The Morgan fingerprint density at radius 1 is 1.12 bits per heavy atom. The van der Waals surface area contributed by atoms with E-state index in [9.17, 15) is 9.59 Å². The van der Waals surface area contributed by atoms with Gasteiger partial charge >= 0.3 is 5.97 Å². The second-order valence-corrected chi connectivity index (χ2v) is 11.2. The number of hydrogen-bond donors (Lipinski definition) is 0. The van der Waals surface area contributed by atoms with Crippen LogP contribution in [-0.4, -0.2) is 24.8 Å². The minimum absolute atomic E-state index is 0.260. The molecule has 1 aliphatic rings. The fourth-order valence-corrected chi connectivity index (χ4v) is 6.24. The molecule has 7 nitrogen and oxygen atoms in total. The molecule has 1 aliphatic heterocycles. The Bertz CT molecular complexity index is 1800. The number of methoxy groups -OCH3 is 2. The number of benzene rings is 3. The van der Waals surface area contributed by atoms with Crippen molar-refractivity contribution in [2.45, 2.75) is 19.6 Å². The molecule has 0 aliphatic carbocycles. The number of ether oxygens (including phenoxy) is 3. The Morgan fingerprint density at radius 3 is 2.52 bits per heavy atom. The summed E-state index contributed by atoms with van der Waals surface area (Å²) in [4.78, 5) is 31.7. The van der Waals surface area contributed by atoms with Crippen LogP contribution in [-0.2, 0) is 16.1 Å². The lowest BCUT2D eigenvalue weighted by Gasteiger charge is -2.24. The number of halogens is 2. The molecule has 0 bridgehead atoms. The molecule has 4 aromatic rings.